The number of pyridine rings is 2. The quantitative estimate of drug-likeness (QED) is 0.668. The second-order valence-electron chi connectivity index (χ2n) is 4.00. The van der Waals surface area contributed by atoms with Crippen LogP contribution in [-0.2, 0) is 6.42 Å². The average Bonchev–Trinajstić information content (AvgIpc) is 2.83. The zero-order chi connectivity index (χ0) is 11.7. The molecular weight excluding hydrogens is 210 g/mol. The number of hydrogen-bond acceptors (Lipinski definition) is 2. The number of nitrogens with zero attached hydrogens (tertiary/aromatic N) is 3. The van der Waals surface area contributed by atoms with Crippen molar-refractivity contribution in [2.45, 2.75) is 13.3 Å². The molecule has 0 atom stereocenters. The fraction of sp³-hybridized carbons (Fsp3) is 0.143. The number of fused-ring (bicyclic) bond motifs is 1. The summed E-state index contributed by atoms with van der Waals surface area (Å²) in [7, 11) is 0. The van der Waals surface area contributed by atoms with Crippen LogP contribution in [0.4, 0.5) is 0 Å². The summed E-state index contributed by atoms with van der Waals surface area (Å²) in [6.45, 7) is 2.13. The Kier molecular flexibility index (Phi) is 2.37. The van der Waals surface area contributed by atoms with Gasteiger partial charge in [-0.05, 0) is 30.2 Å². The molecule has 0 saturated heterocycles. The smallest absolute Gasteiger partial charge is 0.137 e. The molecule has 0 saturated carbocycles. The minimum Gasteiger partial charge on any atom is -0.300 e. The third kappa shape index (κ3) is 1.69. The normalized spacial score (nSPS) is 10.9. The Hall–Kier alpha value is -2.16. The van der Waals surface area contributed by atoms with Crippen molar-refractivity contribution in [3.8, 4) is 5.82 Å². The van der Waals surface area contributed by atoms with Crippen molar-refractivity contribution in [2.24, 2.45) is 0 Å². The Balaban J connectivity index is 2.13. The molecule has 3 rings (SSSR count). The van der Waals surface area contributed by atoms with Gasteiger partial charge in [0.05, 0.1) is 11.7 Å². The lowest BCUT2D eigenvalue weighted by Crippen LogP contribution is -1.96. The highest BCUT2D eigenvalue weighted by atomic mass is 15.0. The SMILES string of the molecule is CCc1ccc(-n2ccc3ccncc32)nc1. The van der Waals surface area contributed by atoms with Crippen LogP contribution in [0.15, 0.2) is 49.1 Å². The summed E-state index contributed by atoms with van der Waals surface area (Å²) in [6, 6.07) is 8.24. The van der Waals surface area contributed by atoms with Crippen LogP contribution >= 0.6 is 0 Å². The summed E-state index contributed by atoms with van der Waals surface area (Å²) >= 11 is 0. The maximum Gasteiger partial charge on any atom is 0.137 e. The molecule has 0 bridgehead atoms. The maximum absolute atomic E-state index is 4.48. The Bertz CT molecular complexity index is 638. The predicted octanol–water partition coefficient (Wildman–Crippen LogP) is 2.98. The van der Waals surface area contributed by atoms with Gasteiger partial charge in [0.2, 0.25) is 0 Å². The summed E-state index contributed by atoms with van der Waals surface area (Å²) in [5, 5.41) is 1.18. The van der Waals surface area contributed by atoms with Crippen LogP contribution < -0.4 is 0 Å². The Morgan fingerprint density at radius 2 is 2.06 bits per heavy atom. The molecule has 0 aliphatic heterocycles. The zero-order valence-electron chi connectivity index (χ0n) is 9.67. The first-order chi connectivity index (χ1) is 8.38. The Morgan fingerprint density at radius 1 is 1.12 bits per heavy atom. The van der Waals surface area contributed by atoms with Crippen molar-refractivity contribution in [1.29, 1.82) is 0 Å². The van der Waals surface area contributed by atoms with Crippen LogP contribution in [0, 0.1) is 0 Å². The topological polar surface area (TPSA) is 30.7 Å². The van der Waals surface area contributed by atoms with Gasteiger partial charge in [0.25, 0.3) is 0 Å². The van der Waals surface area contributed by atoms with Crippen molar-refractivity contribution < 1.29 is 0 Å². The Labute approximate surface area is 99.8 Å². The molecule has 0 spiro atoms. The second-order valence-corrected chi connectivity index (χ2v) is 4.00. The highest BCUT2D eigenvalue weighted by Gasteiger charge is 2.03. The van der Waals surface area contributed by atoms with Gasteiger partial charge in [0.15, 0.2) is 0 Å². The molecule has 0 aliphatic rings. The number of aromatic nitrogens is 3. The molecule has 3 heteroatoms. The van der Waals surface area contributed by atoms with E-state index in [2.05, 4.69) is 33.6 Å². The van der Waals surface area contributed by atoms with Crippen molar-refractivity contribution in [3.05, 3.63) is 54.6 Å². The third-order valence-corrected chi connectivity index (χ3v) is 2.96. The van der Waals surface area contributed by atoms with E-state index in [1.54, 1.807) is 6.20 Å². The molecule has 0 radical (unpaired) electrons. The first-order valence-corrected chi connectivity index (χ1v) is 5.75. The fourth-order valence-corrected chi connectivity index (χ4v) is 1.94. The highest BCUT2D eigenvalue weighted by Crippen LogP contribution is 2.17. The summed E-state index contributed by atoms with van der Waals surface area (Å²) in [5.74, 6) is 0.935. The molecule has 0 amide bonds. The van der Waals surface area contributed by atoms with E-state index in [0.29, 0.717) is 0 Å². The lowest BCUT2D eigenvalue weighted by atomic mass is 10.2. The summed E-state index contributed by atoms with van der Waals surface area (Å²) in [5.41, 5.74) is 2.34. The lowest BCUT2D eigenvalue weighted by Gasteiger charge is -2.04. The van der Waals surface area contributed by atoms with Crippen LogP contribution in [0.3, 0.4) is 0 Å². The van der Waals surface area contributed by atoms with E-state index >= 15 is 0 Å². The third-order valence-electron chi connectivity index (χ3n) is 2.96. The molecule has 3 nitrogen and oxygen atoms in total. The van der Waals surface area contributed by atoms with Gasteiger partial charge >= 0.3 is 0 Å². The molecule has 17 heavy (non-hydrogen) atoms. The van der Waals surface area contributed by atoms with Crippen LogP contribution in [0.25, 0.3) is 16.7 Å². The fourth-order valence-electron chi connectivity index (χ4n) is 1.94. The molecular formula is C14H13N3. The molecule has 3 aromatic rings. The summed E-state index contributed by atoms with van der Waals surface area (Å²) in [6.07, 6.45) is 8.64. The standard InChI is InChI=1S/C14H13N3/c1-2-11-3-4-14(16-9-11)17-8-6-12-5-7-15-10-13(12)17/h3-10H,2H2,1H3. The van der Waals surface area contributed by atoms with Crippen LogP contribution in [0.2, 0.25) is 0 Å². The predicted molar refractivity (Wildman–Crippen MR) is 68.2 cm³/mol. The van der Waals surface area contributed by atoms with Gasteiger partial charge in [0, 0.05) is 24.0 Å². The van der Waals surface area contributed by atoms with Crippen LogP contribution in [0.1, 0.15) is 12.5 Å². The van der Waals surface area contributed by atoms with Gasteiger partial charge in [-0.3, -0.25) is 9.55 Å². The van der Waals surface area contributed by atoms with Gasteiger partial charge in [-0.25, -0.2) is 4.98 Å². The van der Waals surface area contributed by atoms with E-state index < -0.39 is 0 Å². The van der Waals surface area contributed by atoms with E-state index in [1.165, 1.54) is 10.9 Å². The van der Waals surface area contributed by atoms with Gasteiger partial charge < -0.3 is 0 Å². The van der Waals surface area contributed by atoms with Crippen molar-refractivity contribution in [3.63, 3.8) is 0 Å². The molecule has 0 aromatic carbocycles. The minimum absolute atomic E-state index is 0.935. The van der Waals surface area contributed by atoms with Gasteiger partial charge in [0.1, 0.15) is 5.82 Å². The van der Waals surface area contributed by atoms with Gasteiger partial charge in [-0.15, -0.1) is 0 Å². The maximum atomic E-state index is 4.48. The highest BCUT2D eigenvalue weighted by molar-refractivity contribution is 5.80. The van der Waals surface area contributed by atoms with E-state index in [1.807, 2.05) is 30.7 Å². The summed E-state index contributed by atoms with van der Waals surface area (Å²) in [4.78, 5) is 8.63. The number of hydrogen-bond donors (Lipinski definition) is 0. The van der Waals surface area contributed by atoms with E-state index in [0.717, 1.165) is 17.8 Å². The molecule has 3 aromatic heterocycles. The largest absolute Gasteiger partial charge is 0.300 e. The minimum atomic E-state index is 0.935. The average molecular weight is 223 g/mol. The molecule has 0 aliphatic carbocycles. The first-order valence-electron chi connectivity index (χ1n) is 5.75. The lowest BCUT2D eigenvalue weighted by molar-refractivity contribution is 1.01. The molecule has 3 heterocycles. The monoisotopic (exact) mass is 223 g/mol. The second kappa shape index (κ2) is 4.01. The molecule has 0 N–H and O–H groups in total. The summed E-state index contributed by atoms with van der Waals surface area (Å²) < 4.78 is 2.06. The van der Waals surface area contributed by atoms with Crippen LogP contribution in [-0.4, -0.2) is 14.5 Å². The first kappa shape index (κ1) is 10.0. The van der Waals surface area contributed by atoms with Crippen molar-refractivity contribution >= 4 is 10.9 Å². The molecule has 84 valence electrons. The number of rotatable bonds is 2. The van der Waals surface area contributed by atoms with E-state index in [-0.39, 0.29) is 0 Å². The van der Waals surface area contributed by atoms with Crippen LogP contribution in [0.5, 0.6) is 0 Å². The van der Waals surface area contributed by atoms with E-state index in [9.17, 15) is 0 Å². The molecule has 0 unspecified atom stereocenters. The Morgan fingerprint density at radius 3 is 2.82 bits per heavy atom. The zero-order valence-corrected chi connectivity index (χ0v) is 9.67. The number of aryl methyl sites for hydroxylation is 1. The van der Waals surface area contributed by atoms with Gasteiger partial charge in [-0.2, -0.15) is 0 Å². The van der Waals surface area contributed by atoms with E-state index in [4.69, 9.17) is 0 Å². The molecule has 0 fully saturated rings. The van der Waals surface area contributed by atoms with Crippen molar-refractivity contribution in [2.75, 3.05) is 0 Å². The van der Waals surface area contributed by atoms with Gasteiger partial charge in [-0.1, -0.05) is 13.0 Å². The van der Waals surface area contributed by atoms with Crippen molar-refractivity contribution in [1.82, 2.24) is 14.5 Å².